The standard InChI is InChI=1S/C33H49ClN2S.C2H6/c1-13-14-27-29(18-17-28(34)31(27)25(6)35(9)10)37(12)36(11)32(26-19-33(7,8)20-26)24(5)30-22(3)16-15-21(2)23(30)4;1-2/h15-19,24-25,32H,12-14,20H2,1-11H3;1-2H3. The summed E-state index contributed by atoms with van der Waals surface area (Å²) in [5.74, 6) is 5.20. The van der Waals surface area contributed by atoms with Crippen molar-refractivity contribution in [3.05, 3.63) is 74.3 Å². The van der Waals surface area contributed by atoms with Gasteiger partial charge in [-0.2, -0.15) is 0 Å². The molecule has 2 nitrogen and oxygen atoms in total. The predicted molar refractivity (Wildman–Crippen MR) is 179 cm³/mol. The highest BCUT2D eigenvalue weighted by atomic mass is 35.5. The first-order valence-electron chi connectivity index (χ1n) is 14.7. The highest BCUT2D eigenvalue weighted by molar-refractivity contribution is 8.12. The van der Waals surface area contributed by atoms with Gasteiger partial charge in [-0.1, -0.05) is 99.9 Å². The predicted octanol–water partition coefficient (Wildman–Crippen LogP) is 10.3. The highest BCUT2D eigenvalue weighted by Crippen LogP contribution is 2.49. The van der Waals surface area contributed by atoms with Crippen LogP contribution in [0.5, 0.6) is 0 Å². The first kappa shape index (κ1) is 33.8. The Bertz CT molecular complexity index is 1190. The Balaban J connectivity index is 0.00000260. The topological polar surface area (TPSA) is 6.48 Å². The van der Waals surface area contributed by atoms with E-state index in [4.69, 9.17) is 17.5 Å². The van der Waals surface area contributed by atoms with Crippen LogP contribution in [0.3, 0.4) is 0 Å². The molecule has 4 atom stereocenters. The van der Waals surface area contributed by atoms with Gasteiger partial charge >= 0.3 is 0 Å². The summed E-state index contributed by atoms with van der Waals surface area (Å²) in [4.78, 5) is 3.59. The Hall–Kier alpha value is -1.39. The summed E-state index contributed by atoms with van der Waals surface area (Å²) in [5, 5.41) is 0.868. The average Bonchev–Trinajstić information content (AvgIpc) is 2.86. The molecule has 0 spiro atoms. The van der Waals surface area contributed by atoms with Crippen molar-refractivity contribution in [2.75, 3.05) is 21.1 Å². The van der Waals surface area contributed by atoms with Crippen LogP contribution in [-0.2, 0) is 6.42 Å². The number of halogens is 1. The lowest BCUT2D eigenvalue weighted by Gasteiger charge is -2.45. The number of benzene rings is 2. The van der Waals surface area contributed by atoms with Gasteiger partial charge in [0, 0.05) is 27.9 Å². The largest absolute Gasteiger partial charge is 0.303 e. The Labute approximate surface area is 248 Å². The van der Waals surface area contributed by atoms with E-state index in [9.17, 15) is 0 Å². The maximum Gasteiger partial charge on any atom is 0.0473 e. The van der Waals surface area contributed by atoms with E-state index in [1.807, 2.05) is 13.8 Å². The van der Waals surface area contributed by atoms with E-state index in [-0.39, 0.29) is 22.1 Å². The van der Waals surface area contributed by atoms with Gasteiger partial charge in [0.15, 0.2) is 0 Å². The van der Waals surface area contributed by atoms with Crippen LogP contribution in [0.4, 0.5) is 0 Å². The van der Waals surface area contributed by atoms with Crippen LogP contribution in [0, 0.1) is 26.2 Å². The summed E-state index contributed by atoms with van der Waals surface area (Å²) in [6.45, 7) is 22.4. The number of aryl methyl sites for hydroxylation is 2. The van der Waals surface area contributed by atoms with E-state index in [0.29, 0.717) is 12.0 Å². The Kier molecular flexibility index (Phi) is 12.1. The van der Waals surface area contributed by atoms with E-state index in [2.05, 4.69) is 116 Å². The number of hydrogen-bond donors (Lipinski definition) is 0. The lowest BCUT2D eigenvalue weighted by Crippen LogP contribution is -2.40. The van der Waals surface area contributed by atoms with Gasteiger partial charge in [-0.15, -0.1) is 0 Å². The van der Waals surface area contributed by atoms with Gasteiger partial charge in [0.05, 0.1) is 0 Å². The fourth-order valence-corrected chi connectivity index (χ4v) is 8.20. The number of hydrogen-bond acceptors (Lipinski definition) is 2. The van der Waals surface area contributed by atoms with Crippen LogP contribution in [0.25, 0.3) is 0 Å². The molecule has 0 N–H and O–H groups in total. The third-order valence-electron chi connectivity index (χ3n) is 8.49. The van der Waals surface area contributed by atoms with Crippen molar-refractivity contribution in [2.45, 2.75) is 111 Å². The summed E-state index contributed by atoms with van der Waals surface area (Å²) in [7, 11) is 6.23. The van der Waals surface area contributed by atoms with Gasteiger partial charge in [-0.25, -0.2) is 4.31 Å². The van der Waals surface area contributed by atoms with Gasteiger partial charge in [0.1, 0.15) is 0 Å². The number of nitrogens with zero attached hydrogens (tertiary/aromatic N) is 2. The molecule has 39 heavy (non-hydrogen) atoms. The molecule has 0 amide bonds. The molecule has 2 aromatic carbocycles. The summed E-state index contributed by atoms with van der Waals surface area (Å²) in [5.41, 5.74) is 10.1. The molecule has 0 bridgehead atoms. The summed E-state index contributed by atoms with van der Waals surface area (Å²) in [6, 6.07) is 9.45. The Morgan fingerprint density at radius 2 is 1.54 bits per heavy atom. The van der Waals surface area contributed by atoms with Crippen LogP contribution in [0.2, 0.25) is 5.02 Å². The fourth-order valence-electron chi connectivity index (χ4n) is 6.24. The Morgan fingerprint density at radius 3 is 2.05 bits per heavy atom. The van der Waals surface area contributed by atoms with Crippen molar-refractivity contribution in [3.63, 3.8) is 0 Å². The van der Waals surface area contributed by atoms with Crippen molar-refractivity contribution < 1.29 is 0 Å². The van der Waals surface area contributed by atoms with Crippen molar-refractivity contribution in [2.24, 2.45) is 5.41 Å². The van der Waals surface area contributed by atoms with Crippen molar-refractivity contribution >= 4 is 28.1 Å². The van der Waals surface area contributed by atoms with E-state index in [1.54, 1.807) is 5.57 Å². The molecule has 0 aromatic heterocycles. The second kappa shape index (κ2) is 14.0. The number of rotatable bonds is 10. The summed E-state index contributed by atoms with van der Waals surface area (Å²) < 4.78 is 2.57. The fraction of sp³-hybridized carbons (Fsp3) is 0.571. The van der Waals surface area contributed by atoms with Gasteiger partial charge in [0.2, 0.25) is 0 Å². The molecule has 0 aliphatic heterocycles. The molecule has 4 heteroatoms. The zero-order valence-electron chi connectivity index (χ0n) is 27.1. The highest BCUT2D eigenvalue weighted by Gasteiger charge is 2.38. The summed E-state index contributed by atoms with van der Waals surface area (Å²) in [6.07, 6.45) is 5.75. The van der Waals surface area contributed by atoms with Crippen molar-refractivity contribution in [1.82, 2.24) is 9.21 Å². The minimum Gasteiger partial charge on any atom is -0.303 e. The zero-order chi connectivity index (χ0) is 29.8. The molecule has 3 rings (SSSR count). The van der Waals surface area contributed by atoms with E-state index in [0.717, 1.165) is 24.3 Å². The zero-order valence-corrected chi connectivity index (χ0v) is 28.7. The molecular formula is C35H55ClN2S. The van der Waals surface area contributed by atoms with Crippen LogP contribution < -0.4 is 0 Å². The normalized spacial score (nSPS) is 17.6. The van der Waals surface area contributed by atoms with E-state index >= 15 is 0 Å². The molecule has 2 aromatic rings. The smallest absolute Gasteiger partial charge is 0.0473 e. The lowest BCUT2D eigenvalue weighted by atomic mass is 9.68. The minimum atomic E-state index is -0.330. The Morgan fingerprint density at radius 1 is 0.974 bits per heavy atom. The van der Waals surface area contributed by atoms with Gasteiger partial charge in [0.25, 0.3) is 0 Å². The summed E-state index contributed by atoms with van der Waals surface area (Å²) >= 11 is 6.85. The van der Waals surface area contributed by atoms with Crippen LogP contribution in [-0.4, -0.2) is 42.3 Å². The van der Waals surface area contributed by atoms with Gasteiger partial charge < -0.3 is 4.90 Å². The first-order chi connectivity index (χ1) is 18.2. The molecule has 1 aliphatic carbocycles. The third kappa shape index (κ3) is 7.28. The van der Waals surface area contributed by atoms with E-state index < -0.39 is 0 Å². The SMILES string of the molecule is C=S(c1ccc(Cl)c(C(C)N(C)C)c1CCC)N(C)C(C1=CC(C)(C)C1)C(C)c1c(C)ccc(C)c1C.CC. The van der Waals surface area contributed by atoms with Crippen LogP contribution in [0.1, 0.15) is 107 Å². The second-order valence-corrected chi connectivity index (χ2v) is 14.2. The number of likely N-dealkylation sites (N-methyl/N-ethyl adjacent to an activating group) is 1. The quantitative estimate of drug-likeness (QED) is 0.207. The van der Waals surface area contributed by atoms with Crippen LogP contribution in [0.15, 0.2) is 40.8 Å². The lowest BCUT2D eigenvalue weighted by molar-refractivity contribution is 0.318. The monoisotopic (exact) mass is 570 g/mol. The molecule has 0 radical (unpaired) electrons. The minimum absolute atomic E-state index is 0.249. The van der Waals surface area contributed by atoms with Crippen molar-refractivity contribution in [3.8, 4) is 0 Å². The van der Waals surface area contributed by atoms with Crippen molar-refractivity contribution in [1.29, 1.82) is 0 Å². The third-order valence-corrected chi connectivity index (χ3v) is 10.6. The molecule has 0 saturated carbocycles. The van der Waals surface area contributed by atoms with Gasteiger partial charge in [-0.3, -0.25) is 0 Å². The second-order valence-electron chi connectivity index (χ2n) is 12.1. The van der Waals surface area contributed by atoms with Crippen LogP contribution >= 0.6 is 22.3 Å². The number of allylic oxidation sites excluding steroid dienone is 1. The average molecular weight is 571 g/mol. The first-order valence-corrected chi connectivity index (χ1v) is 16.5. The molecule has 4 unspecified atom stereocenters. The molecule has 218 valence electrons. The molecule has 0 fully saturated rings. The molecule has 0 saturated heterocycles. The molecule has 0 heterocycles. The maximum absolute atomic E-state index is 6.85. The maximum atomic E-state index is 6.85. The molecular weight excluding hydrogens is 516 g/mol. The van der Waals surface area contributed by atoms with E-state index in [1.165, 1.54) is 38.3 Å². The van der Waals surface area contributed by atoms with Gasteiger partial charge in [-0.05, 0) is 113 Å². The molecule has 1 aliphatic rings.